The third kappa shape index (κ3) is 5.23. The second-order valence-electron chi connectivity index (χ2n) is 6.20. The highest BCUT2D eigenvalue weighted by Gasteiger charge is 2.20. The van der Waals surface area contributed by atoms with Crippen LogP contribution in [0.25, 0.3) is 11.4 Å². The molecule has 10 heteroatoms. The minimum Gasteiger partial charge on any atom is -0.435 e. The molecule has 1 atom stereocenters. The van der Waals surface area contributed by atoms with Crippen LogP contribution < -0.4 is 15.9 Å². The molecule has 0 bridgehead atoms. The molecule has 0 aliphatic rings. The number of nitrogens with zero attached hydrogens (tertiary/aromatic N) is 3. The zero-order chi connectivity index (χ0) is 21.0. The monoisotopic (exact) mass is 419 g/mol. The van der Waals surface area contributed by atoms with Gasteiger partial charge >= 0.3 is 6.61 Å². The summed E-state index contributed by atoms with van der Waals surface area (Å²) in [6.07, 6.45) is 0. The summed E-state index contributed by atoms with van der Waals surface area (Å²) in [6, 6.07) is 13.4. The van der Waals surface area contributed by atoms with E-state index in [9.17, 15) is 13.6 Å². The number of aromatic nitrogens is 3. The number of carbonyl (C=O) groups is 1. The quantitative estimate of drug-likeness (QED) is 0.448. The minimum absolute atomic E-state index is 0.0304. The molecule has 0 saturated carbocycles. The highest BCUT2D eigenvalue weighted by Crippen LogP contribution is 2.27. The lowest BCUT2D eigenvalue weighted by atomic mass is 10.2. The van der Waals surface area contributed by atoms with Crippen molar-refractivity contribution in [3.8, 4) is 17.1 Å². The first-order valence-electron chi connectivity index (χ1n) is 8.63. The minimum atomic E-state index is -2.89. The van der Waals surface area contributed by atoms with Crippen LogP contribution in [0.5, 0.6) is 5.75 Å². The van der Waals surface area contributed by atoms with Gasteiger partial charge in [0.1, 0.15) is 5.75 Å². The molecule has 0 spiro atoms. The number of anilines is 1. The first-order chi connectivity index (χ1) is 13.8. The standard InChI is InChI=1S/C19H19F2N5O2S/c1-11-4-3-5-14(10-11)23-17(27)12(2)29-19-25-24-16(26(19)22)13-6-8-15(9-7-13)28-18(20)21/h3-10,12,18H,22H2,1-2H3,(H,23,27). The van der Waals surface area contributed by atoms with Crippen LogP contribution in [-0.4, -0.2) is 32.6 Å². The molecule has 3 rings (SSSR count). The lowest BCUT2D eigenvalue weighted by Crippen LogP contribution is -2.23. The van der Waals surface area contributed by atoms with E-state index in [0.717, 1.165) is 17.3 Å². The third-order valence-electron chi connectivity index (χ3n) is 3.94. The Hall–Kier alpha value is -3.14. The number of rotatable bonds is 7. The van der Waals surface area contributed by atoms with Crippen molar-refractivity contribution in [2.75, 3.05) is 11.2 Å². The van der Waals surface area contributed by atoms with Crippen LogP contribution in [0, 0.1) is 6.92 Å². The van der Waals surface area contributed by atoms with Gasteiger partial charge in [-0.15, -0.1) is 10.2 Å². The van der Waals surface area contributed by atoms with Crippen molar-refractivity contribution in [1.82, 2.24) is 14.9 Å². The Morgan fingerprint density at radius 1 is 1.21 bits per heavy atom. The molecule has 2 aromatic carbocycles. The number of thioether (sulfide) groups is 1. The van der Waals surface area contributed by atoms with Crippen LogP contribution in [0.1, 0.15) is 12.5 Å². The number of benzene rings is 2. The van der Waals surface area contributed by atoms with E-state index in [2.05, 4.69) is 20.3 Å². The summed E-state index contributed by atoms with van der Waals surface area (Å²) in [5.74, 6) is 6.23. The molecule has 152 valence electrons. The van der Waals surface area contributed by atoms with Crippen molar-refractivity contribution >= 4 is 23.4 Å². The van der Waals surface area contributed by atoms with Gasteiger partial charge in [0.2, 0.25) is 11.1 Å². The molecule has 1 unspecified atom stereocenters. The van der Waals surface area contributed by atoms with E-state index in [-0.39, 0.29) is 11.7 Å². The van der Waals surface area contributed by atoms with Crippen LogP contribution in [0.15, 0.2) is 53.7 Å². The maximum atomic E-state index is 12.4. The Balaban J connectivity index is 1.68. The van der Waals surface area contributed by atoms with Gasteiger partial charge in [-0.25, -0.2) is 4.68 Å². The van der Waals surface area contributed by atoms with Crippen LogP contribution in [0.4, 0.5) is 14.5 Å². The second-order valence-corrected chi connectivity index (χ2v) is 7.51. The van der Waals surface area contributed by atoms with Crippen LogP contribution >= 0.6 is 11.8 Å². The summed E-state index contributed by atoms with van der Waals surface area (Å²) in [7, 11) is 0. The molecule has 3 N–H and O–H groups in total. The number of alkyl halides is 2. The zero-order valence-electron chi connectivity index (χ0n) is 15.7. The lowest BCUT2D eigenvalue weighted by Gasteiger charge is -2.12. The van der Waals surface area contributed by atoms with Gasteiger partial charge in [0.15, 0.2) is 5.82 Å². The first-order valence-corrected chi connectivity index (χ1v) is 9.51. The number of amides is 1. The number of nitrogens with one attached hydrogen (secondary N) is 1. The number of carbonyl (C=O) groups excluding carboxylic acids is 1. The molecule has 29 heavy (non-hydrogen) atoms. The predicted octanol–water partition coefficient (Wildman–Crippen LogP) is 3.69. The molecule has 0 radical (unpaired) electrons. The van der Waals surface area contributed by atoms with Gasteiger partial charge in [0.25, 0.3) is 0 Å². The molecular formula is C19H19F2N5O2S. The number of hydrogen-bond donors (Lipinski definition) is 2. The van der Waals surface area contributed by atoms with E-state index in [1.54, 1.807) is 19.1 Å². The summed E-state index contributed by atoms with van der Waals surface area (Å²) < 4.78 is 30.1. The Bertz CT molecular complexity index is 995. The number of nitrogens with two attached hydrogens (primary N) is 1. The van der Waals surface area contributed by atoms with Gasteiger partial charge in [-0.1, -0.05) is 23.9 Å². The summed E-state index contributed by atoms with van der Waals surface area (Å²) in [6.45, 7) is 0.786. The summed E-state index contributed by atoms with van der Waals surface area (Å²) in [5, 5.41) is 10.8. The van der Waals surface area contributed by atoms with E-state index >= 15 is 0 Å². The summed E-state index contributed by atoms with van der Waals surface area (Å²) in [4.78, 5) is 12.4. The molecule has 0 aliphatic carbocycles. The van der Waals surface area contributed by atoms with Crippen LogP contribution in [-0.2, 0) is 4.79 Å². The first kappa shape index (κ1) is 20.6. The fraction of sp³-hybridized carbons (Fsp3) is 0.211. The SMILES string of the molecule is Cc1cccc(NC(=O)C(C)Sc2nnc(-c3ccc(OC(F)F)cc3)n2N)c1. The highest BCUT2D eigenvalue weighted by molar-refractivity contribution is 8.00. The Morgan fingerprint density at radius 3 is 2.59 bits per heavy atom. The largest absolute Gasteiger partial charge is 0.435 e. The van der Waals surface area contributed by atoms with E-state index in [4.69, 9.17) is 5.84 Å². The summed E-state index contributed by atoms with van der Waals surface area (Å²) >= 11 is 1.16. The third-order valence-corrected chi connectivity index (χ3v) is 5.00. The average molecular weight is 419 g/mol. The van der Waals surface area contributed by atoms with Gasteiger partial charge in [0.05, 0.1) is 5.25 Å². The smallest absolute Gasteiger partial charge is 0.387 e. The second kappa shape index (κ2) is 8.91. The van der Waals surface area contributed by atoms with Crippen LogP contribution in [0.3, 0.4) is 0 Å². The maximum absolute atomic E-state index is 12.4. The van der Waals surface area contributed by atoms with E-state index in [1.165, 1.54) is 16.8 Å². The highest BCUT2D eigenvalue weighted by atomic mass is 32.2. The number of hydrogen-bond acceptors (Lipinski definition) is 6. The number of ether oxygens (including phenoxy) is 1. The van der Waals surface area contributed by atoms with Crippen molar-refractivity contribution in [2.24, 2.45) is 0 Å². The number of nitrogen functional groups attached to an aromatic ring is 1. The van der Waals surface area contributed by atoms with Gasteiger partial charge in [0, 0.05) is 11.3 Å². The number of aryl methyl sites for hydroxylation is 1. The molecular weight excluding hydrogens is 400 g/mol. The molecule has 0 fully saturated rings. The zero-order valence-corrected chi connectivity index (χ0v) is 16.5. The molecule has 0 aliphatic heterocycles. The fourth-order valence-corrected chi connectivity index (χ4v) is 3.29. The normalized spacial score (nSPS) is 12.0. The van der Waals surface area contributed by atoms with Crippen LogP contribution in [0.2, 0.25) is 0 Å². The predicted molar refractivity (Wildman–Crippen MR) is 107 cm³/mol. The van der Waals surface area contributed by atoms with Crippen molar-refractivity contribution in [3.63, 3.8) is 0 Å². The van der Waals surface area contributed by atoms with Gasteiger partial charge < -0.3 is 15.9 Å². The Kier molecular flexibility index (Phi) is 6.32. The molecule has 7 nitrogen and oxygen atoms in total. The summed E-state index contributed by atoms with van der Waals surface area (Å²) in [5.41, 5.74) is 2.33. The van der Waals surface area contributed by atoms with Gasteiger partial charge in [-0.3, -0.25) is 4.79 Å². The molecule has 0 saturated heterocycles. The van der Waals surface area contributed by atoms with E-state index in [0.29, 0.717) is 22.2 Å². The Labute approximate surface area is 170 Å². The van der Waals surface area contributed by atoms with Crippen molar-refractivity contribution in [3.05, 3.63) is 54.1 Å². The fourth-order valence-electron chi connectivity index (χ4n) is 2.52. The average Bonchev–Trinajstić information content (AvgIpc) is 3.02. The Morgan fingerprint density at radius 2 is 1.93 bits per heavy atom. The van der Waals surface area contributed by atoms with Gasteiger partial charge in [-0.05, 0) is 55.8 Å². The van der Waals surface area contributed by atoms with Crippen molar-refractivity contribution in [1.29, 1.82) is 0 Å². The topological polar surface area (TPSA) is 95.1 Å². The van der Waals surface area contributed by atoms with E-state index < -0.39 is 11.9 Å². The molecule has 3 aromatic rings. The molecule has 1 heterocycles. The molecule has 1 aromatic heterocycles. The van der Waals surface area contributed by atoms with Crippen molar-refractivity contribution in [2.45, 2.75) is 30.9 Å². The van der Waals surface area contributed by atoms with Crippen molar-refractivity contribution < 1.29 is 18.3 Å². The van der Waals surface area contributed by atoms with E-state index in [1.807, 2.05) is 31.2 Å². The number of halogens is 2. The lowest BCUT2D eigenvalue weighted by molar-refractivity contribution is -0.115. The molecule has 1 amide bonds. The van der Waals surface area contributed by atoms with Gasteiger partial charge in [-0.2, -0.15) is 8.78 Å². The maximum Gasteiger partial charge on any atom is 0.387 e.